The molecule has 2 aromatic rings. The van der Waals surface area contributed by atoms with Gasteiger partial charge >= 0.3 is 0 Å². The van der Waals surface area contributed by atoms with Crippen LogP contribution in [0.4, 0.5) is 5.69 Å². The molecule has 1 N–H and O–H groups in total. The topological polar surface area (TPSA) is 56.8 Å². The van der Waals surface area contributed by atoms with Gasteiger partial charge in [-0.2, -0.15) is 0 Å². The third-order valence-electron chi connectivity index (χ3n) is 3.44. The van der Waals surface area contributed by atoms with Crippen molar-refractivity contribution in [3.63, 3.8) is 0 Å². The lowest BCUT2D eigenvalue weighted by molar-refractivity contribution is -0.116. The molecule has 23 heavy (non-hydrogen) atoms. The quantitative estimate of drug-likeness (QED) is 0.921. The number of hydrogen-bond donors (Lipinski definition) is 1. The summed E-state index contributed by atoms with van der Waals surface area (Å²) in [6.45, 7) is 3.42. The van der Waals surface area contributed by atoms with Crippen molar-refractivity contribution >= 4 is 11.6 Å². The summed E-state index contributed by atoms with van der Waals surface area (Å²) in [7, 11) is 0. The molecule has 0 atom stereocenters. The zero-order valence-electron chi connectivity index (χ0n) is 13.0. The van der Waals surface area contributed by atoms with Crippen LogP contribution in [0.5, 0.6) is 17.2 Å². The molecule has 1 heterocycles. The zero-order chi connectivity index (χ0) is 16.1. The number of amides is 1. The third kappa shape index (κ3) is 4.16. The fourth-order valence-corrected chi connectivity index (χ4v) is 2.24. The number of carbonyl (C=O) groups is 1. The van der Waals surface area contributed by atoms with Crippen LogP contribution in [0.15, 0.2) is 42.5 Å². The molecule has 2 aromatic carbocycles. The Hall–Kier alpha value is -2.69. The molecule has 5 nitrogen and oxygen atoms in total. The standard InChI is InChI=1S/C18H19NO4/c1-13-2-5-15(6-3-13)21-9-8-18(20)19-14-4-7-16-17(12-14)23-11-10-22-16/h2-7,12H,8-11H2,1H3,(H,19,20). The Balaban J connectivity index is 1.48. The van der Waals surface area contributed by atoms with Gasteiger partial charge in [-0.25, -0.2) is 0 Å². The predicted molar refractivity (Wildman–Crippen MR) is 87.4 cm³/mol. The van der Waals surface area contributed by atoms with Crippen molar-refractivity contribution in [1.82, 2.24) is 0 Å². The molecule has 5 heteroatoms. The maximum atomic E-state index is 12.0. The molecule has 0 saturated carbocycles. The van der Waals surface area contributed by atoms with E-state index in [1.807, 2.05) is 31.2 Å². The number of hydrogen-bond acceptors (Lipinski definition) is 4. The minimum absolute atomic E-state index is 0.103. The Morgan fingerprint density at radius 3 is 2.61 bits per heavy atom. The monoisotopic (exact) mass is 313 g/mol. The molecular weight excluding hydrogens is 294 g/mol. The number of ether oxygens (including phenoxy) is 3. The second-order valence-corrected chi connectivity index (χ2v) is 5.32. The average Bonchev–Trinajstić information content (AvgIpc) is 2.56. The van der Waals surface area contributed by atoms with E-state index in [1.54, 1.807) is 18.2 Å². The molecule has 0 aromatic heterocycles. The van der Waals surface area contributed by atoms with E-state index in [4.69, 9.17) is 14.2 Å². The number of rotatable bonds is 5. The van der Waals surface area contributed by atoms with Crippen LogP contribution in [0.3, 0.4) is 0 Å². The van der Waals surface area contributed by atoms with Gasteiger partial charge < -0.3 is 19.5 Å². The van der Waals surface area contributed by atoms with Gasteiger partial charge in [-0.3, -0.25) is 4.79 Å². The van der Waals surface area contributed by atoms with Gasteiger partial charge in [0.05, 0.1) is 13.0 Å². The van der Waals surface area contributed by atoms with E-state index < -0.39 is 0 Å². The second-order valence-electron chi connectivity index (χ2n) is 5.32. The second kappa shape index (κ2) is 7.05. The van der Waals surface area contributed by atoms with Gasteiger partial charge in [-0.05, 0) is 31.2 Å². The lowest BCUT2D eigenvalue weighted by Crippen LogP contribution is -2.17. The van der Waals surface area contributed by atoms with Gasteiger partial charge in [0.2, 0.25) is 5.91 Å². The van der Waals surface area contributed by atoms with Gasteiger partial charge in [0, 0.05) is 11.8 Å². The van der Waals surface area contributed by atoms with E-state index in [0.717, 1.165) is 5.75 Å². The van der Waals surface area contributed by atoms with Crippen LogP contribution >= 0.6 is 0 Å². The van der Waals surface area contributed by atoms with Crippen LogP contribution in [0.2, 0.25) is 0 Å². The van der Waals surface area contributed by atoms with E-state index in [2.05, 4.69) is 5.32 Å². The predicted octanol–water partition coefficient (Wildman–Crippen LogP) is 3.17. The number of aryl methyl sites for hydroxylation is 1. The van der Waals surface area contributed by atoms with Crippen LogP contribution in [-0.2, 0) is 4.79 Å². The van der Waals surface area contributed by atoms with E-state index in [9.17, 15) is 4.79 Å². The fraction of sp³-hybridized carbons (Fsp3) is 0.278. The van der Waals surface area contributed by atoms with Gasteiger partial charge in [0.1, 0.15) is 19.0 Å². The molecule has 3 rings (SSSR count). The van der Waals surface area contributed by atoms with Crippen molar-refractivity contribution in [3.8, 4) is 17.2 Å². The van der Waals surface area contributed by atoms with Crippen LogP contribution in [0.25, 0.3) is 0 Å². The first-order chi connectivity index (χ1) is 11.2. The number of fused-ring (bicyclic) bond motifs is 1. The van der Waals surface area contributed by atoms with Gasteiger partial charge in [-0.1, -0.05) is 17.7 Å². The van der Waals surface area contributed by atoms with Crippen molar-refractivity contribution in [1.29, 1.82) is 0 Å². The maximum absolute atomic E-state index is 12.0. The van der Waals surface area contributed by atoms with Crippen molar-refractivity contribution in [2.75, 3.05) is 25.1 Å². The highest BCUT2D eigenvalue weighted by molar-refractivity contribution is 5.91. The Bertz CT molecular complexity index is 682. The third-order valence-corrected chi connectivity index (χ3v) is 3.44. The van der Waals surface area contributed by atoms with Crippen molar-refractivity contribution in [2.45, 2.75) is 13.3 Å². The lowest BCUT2D eigenvalue weighted by atomic mass is 10.2. The minimum atomic E-state index is -0.103. The van der Waals surface area contributed by atoms with Gasteiger partial charge in [-0.15, -0.1) is 0 Å². The largest absolute Gasteiger partial charge is 0.493 e. The summed E-state index contributed by atoms with van der Waals surface area (Å²) < 4.78 is 16.5. The number of anilines is 1. The lowest BCUT2D eigenvalue weighted by Gasteiger charge is -2.19. The molecule has 1 aliphatic heterocycles. The Kier molecular flexibility index (Phi) is 4.66. The highest BCUT2D eigenvalue weighted by Gasteiger charge is 2.12. The minimum Gasteiger partial charge on any atom is -0.493 e. The summed E-state index contributed by atoms with van der Waals surface area (Å²) in [4.78, 5) is 12.0. The molecular formula is C18H19NO4. The Labute approximate surface area is 135 Å². The van der Waals surface area contributed by atoms with Crippen molar-refractivity contribution in [2.24, 2.45) is 0 Å². The van der Waals surface area contributed by atoms with E-state index in [-0.39, 0.29) is 12.3 Å². The smallest absolute Gasteiger partial charge is 0.227 e. The summed E-state index contributed by atoms with van der Waals surface area (Å²) in [5.41, 5.74) is 1.86. The molecule has 0 spiro atoms. The van der Waals surface area contributed by atoms with Crippen molar-refractivity contribution < 1.29 is 19.0 Å². The maximum Gasteiger partial charge on any atom is 0.227 e. The first kappa shape index (κ1) is 15.2. The van der Waals surface area contributed by atoms with Crippen molar-refractivity contribution in [3.05, 3.63) is 48.0 Å². The summed E-state index contributed by atoms with van der Waals surface area (Å²) in [5.74, 6) is 2.03. The molecule has 1 aliphatic rings. The van der Waals surface area contributed by atoms with Crippen LogP contribution < -0.4 is 19.5 Å². The first-order valence-corrected chi connectivity index (χ1v) is 7.60. The number of carbonyl (C=O) groups excluding carboxylic acids is 1. The normalized spacial score (nSPS) is 12.6. The summed E-state index contributed by atoms with van der Waals surface area (Å²) in [6, 6.07) is 13.1. The van der Waals surface area contributed by atoms with Crippen LogP contribution in [-0.4, -0.2) is 25.7 Å². The summed E-state index contributed by atoms with van der Waals surface area (Å²) >= 11 is 0. The summed E-state index contributed by atoms with van der Waals surface area (Å²) in [6.07, 6.45) is 0.280. The molecule has 0 unspecified atom stereocenters. The van der Waals surface area contributed by atoms with Gasteiger partial charge in [0.15, 0.2) is 11.5 Å². The van der Waals surface area contributed by atoms with Crippen LogP contribution in [0, 0.1) is 6.92 Å². The molecule has 0 aliphatic carbocycles. The molecule has 0 radical (unpaired) electrons. The Morgan fingerprint density at radius 1 is 1.09 bits per heavy atom. The zero-order valence-corrected chi connectivity index (χ0v) is 13.0. The van der Waals surface area contributed by atoms with Crippen LogP contribution in [0.1, 0.15) is 12.0 Å². The molecule has 0 saturated heterocycles. The first-order valence-electron chi connectivity index (χ1n) is 7.60. The van der Waals surface area contributed by atoms with E-state index in [1.165, 1.54) is 5.56 Å². The SMILES string of the molecule is Cc1ccc(OCCC(=O)Nc2ccc3c(c2)OCCO3)cc1. The van der Waals surface area contributed by atoms with E-state index >= 15 is 0 Å². The van der Waals surface area contributed by atoms with E-state index in [0.29, 0.717) is 37.0 Å². The fourth-order valence-electron chi connectivity index (χ4n) is 2.24. The van der Waals surface area contributed by atoms with Gasteiger partial charge in [0.25, 0.3) is 0 Å². The number of benzene rings is 2. The Morgan fingerprint density at radius 2 is 1.83 bits per heavy atom. The molecule has 1 amide bonds. The highest BCUT2D eigenvalue weighted by Crippen LogP contribution is 2.32. The average molecular weight is 313 g/mol. The summed E-state index contributed by atoms with van der Waals surface area (Å²) in [5, 5.41) is 2.83. The molecule has 120 valence electrons. The number of nitrogens with one attached hydrogen (secondary N) is 1. The molecule has 0 fully saturated rings. The highest BCUT2D eigenvalue weighted by atomic mass is 16.6. The molecule has 0 bridgehead atoms.